The largest absolute Gasteiger partial charge is 0.489 e. The Morgan fingerprint density at radius 2 is 1.62 bits per heavy atom. The fourth-order valence-corrected chi connectivity index (χ4v) is 4.41. The molecule has 0 bridgehead atoms. The Labute approximate surface area is 230 Å². The van der Waals surface area contributed by atoms with Gasteiger partial charge in [0.05, 0.1) is 13.0 Å². The summed E-state index contributed by atoms with van der Waals surface area (Å²) < 4.78 is 17.2. The van der Waals surface area contributed by atoms with Gasteiger partial charge in [-0.2, -0.15) is 0 Å². The van der Waals surface area contributed by atoms with E-state index >= 15 is 0 Å². The number of hydrogen-bond donors (Lipinski definition) is 0. The van der Waals surface area contributed by atoms with E-state index in [1.165, 1.54) is 7.11 Å². The molecule has 3 aromatic rings. The number of benzene rings is 3. The molecule has 0 amide bonds. The fraction of sp³-hybridized carbons (Fsp3) is 0.273. The third kappa shape index (κ3) is 8.34. The van der Waals surface area contributed by atoms with Gasteiger partial charge < -0.3 is 19.0 Å². The number of oxime groups is 1. The van der Waals surface area contributed by atoms with Crippen molar-refractivity contribution in [3.05, 3.63) is 119 Å². The Hall–Kier alpha value is -4.32. The zero-order chi connectivity index (χ0) is 27.3. The van der Waals surface area contributed by atoms with Crippen molar-refractivity contribution >= 4 is 11.7 Å². The van der Waals surface area contributed by atoms with Crippen molar-refractivity contribution in [1.29, 1.82) is 0 Å². The van der Waals surface area contributed by atoms with Crippen LogP contribution in [0.15, 0.2) is 108 Å². The van der Waals surface area contributed by atoms with E-state index in [0.29, 0.717) is 32.0 Å². The van der Waals surface area contributed by atoms with Gasteiger partial charge in [-0.25, -0.2) is 0 Å². The highest BCUT2D eigenvalue weighted by molar-refractivity contribution is 6.01. The van der Waals surface area contributed by atoms with Gasteiger partial charge >= 0.3 is 5.97 Å². The van der Waals surface area contributed by atoms with Crippen molar-refractivity contribution in [2.24, 2.45) is 5.16 Å². The van der Waals surface area contributed by atoms with Crippen molar-refractivity contribution in [3.63, 3.8) is 0 Å². The molecule has 0 saturated heterocycles. The lowest BCUT2D eigenvalue weighted by Crippen LogP contribution is -2.13. The summed E-state index contributed by atoms with van der Waals surface area (Å²) in [6, 6.07) is 25.6. The van der Waals surface area contributed by atoms with Crippen LogP contribution in [0, 0.1) is 0 Å². The van der Waals surface area contributed by atoms with Gasteiger partial charge in [0, 0.05) is 11.5 Å². The second-order valence-corrected chi connectivity index (χ2v) is 9.12. The molecule has 0 heterocycles. The first-order valence-corrected chi connectivity index (χ1v) is 13.3. The first kappa shape index (κ1) is 27.7. The molecule has 0 aliphatic heterocycles. The molecule has 0 saturated carbocycles. The Kier molecular flexibility index (Phi) is 10.4. The Morgan fingerprint density at radius 1 is 0.897 bits per heavy atom. The molecule has 6 heteroatoms. The van der Waals surface area contributed by atoms with Crippen LogP contribution in [0.1, 0.15) is 48.8 Å². The summed E-state index contributed by atoms with van der Waals surface area (Å²) in [7, 11) is 1.53. The van der Waals surface area contributed by atoms with Gasteiger partial charge in [0.2, 0.25) is 0 Å². The lowest BCUT2D eigenvalue weighted by atomic mass is 9.85. The van der Waals surface area contributed by atoms with Crippen molar-refractivity contribution in [3.8, 4) is 11.5 Å². The number of carbonyl (C=O) groups is 1. The minimum Gasteiger partial charge on any atom is -0.489 e. The van der Waals surface area contributed by atoms with Gasteiger partial charge in [0.1, 0.15) is 37.5 Å². The minimum atomic E-state index is -0.183. The number of ether oxygens (including phenoxy) is 3. The summed E-state index contributed by atoms with van der Waals surface area (Å²) >= 11 is 0. The molecule has 0 N–H and O–H groups in total. The van der Waals surface area contributed by atoms with Crippen molar-refractivity contribution in [2.45, 2.75) is 38.7 Å². The zero-order valence-corrected chi connectivity index (χ0v) is 22.5. The second kappa shape index (κ2) is 14.6. The summed E-state index contributed by atoms with van der Waals surface area (Å²) in [5.41, 5.74) is 4.93. The van der Waals surface area contributed by atoms with E-state index in [0.717, 1.165) is 46.6 Å². The Morgan fingerprint density at radius 3 is 2.28 bits per heavy atom. The van der Waals surface area contributed by atoms with Gasteiger partial charge in [-0.1, -0.05) is 78.0 Å². The van der Waals surface area contributed by atoms with E-state index in [9.17, 15) is 4.79 Å². The van der Waals surface area contributed by atoms with Crippen LogP contribution < -0.4 is 9.47 Å². The minimum absolute atomic E-state index is 0.0291. The summed E-state index contributed by atoms with van der Waals surface area (Å²) in [5, 5.41) is 4.10. The smallest absolute Gasteiger partial charge is 0.306 e. The number of esters is 1. The molecule has 6 nitrogen and oxygen atoms in total. The molecule has 0 fully saturated rings. The lowest BCUT2D eigenvalue weighted by molar-refractivity contribution is -0.143. The standard InChI is InChI=1S/C33H35NO5/c1-3-37-33(35)22-31(26-10-6-4-7-11-26)27-16-20-30(21-17-27)38-23-25-14-18-29(19-15-25)39-24-32(34-36-2)28-12-8-5-9-13-28/h5-6,8-21,31H,3-4,7,22-24H2,1-2H3/b34-32+. The number of carbonyl (C=O) groups excluding carboxylic acids is 1. The maximum Gasteiger partial charge on any atom is 0.306 e. The molecule has 0 aromatic heterocycles. The van der Waals surface area contributed by atoms with E-state index in [4.69, 9.17) is 19.0 Å². The maximum absolute atomic E-state index is 12.3. The summed E-state index contributed by atoms with van der Waals surface area (Å²) in [5.74, 6) is 1.29. The predicted octanol–water partition coefficient (Wildman–Crippen LogP) is 7.01. The zero-order valence-electron chi connectivity index (χ0n) is 22.5. The average molecular weight is 526 g/mol. The molecule has 1 unspecified atom stereocenters. The maximum atomic E-state index is 12.3. The fourth-order valence-electron chi connectivity index (χ4n) is 4.41. The van der Waals surface area contributed by atoms with Crippen LogP contribution in [0.25, 0.3) is 0 Å². The Balaban J connectivity index is 1.33. The number of nitrogens with zero attached hydrogens (tertiary/aromatic N) is 1. The average Bonchev–Trinajstić information content (AvgIpc) is 2.99. The SMILES string of the molecule is CCOC(=O)CC(C1=CCCC=C1)c1ccc(OCc2ccc(OC/C(=N\OC)c3ccccc3)cc2)cc1. The topological polar surface area (TPSA) is 66.4 Å². The van der Waals surface area contributed by atoms with E-state index < -0.39 is 0 Å². The molecular formula is C33H35NO5. The summed E-state index contributed by atoms with van der Waals surface area (Å²) in [6.07, 6.45) is 8.85. The molecule has 1 aliphatic carbocycles. The molecule has 0 spiro atoms. The molecule has 39 heavy (non-hydrogen) atoms. The van der Waals surface area contributed by atoms with Gasteiger partial charge in [0.25, 0.3) is 0 Å². The lowest BCUT2D eigenvalue weighted by Gasteiger charge is -2.20. The summed E-state index contributed by atoms with van der Waals surface area (Å²) in [6.45, 7) is 2.94. The quantitative estimate of drug-likeness (QED) is 0.136. The highest BCUT2D eigenvalue weighted by Gasteiger charge is 2.21. The van der Waals surface area contributed by atoms with Crippen molar-refractivity contribution in [2.75, 3.05) is 20.3 Å². The molecule has 1 atom stereocenters. The van der Waals surface area contributed by atoms with Crippen molar-refractivity contribution in [1.82, 2.24) is 0 Å². The van der Waals surface area contributed by atoms with Crippen LogP contribution >= 0.6 is 0 Å². The van der Waals surface area contributed by atoms with Crippen LogP contribution in [0.2, 0.25) is 0 Å². The first-order chi connectivity index (χ1) is 19.2. The molecule has 1 aliphatic rings. The van der Waals surface area contributed by atoms with Gasteiger partial charge in [-0.3, -0.25) is 4.79 Å². The highest BCUT2D eigenvalue weighted by atomic mass is 16.6. The van der Waals surface area contributed by atoms with E-state index in [-0.39, 0.29) is 11.9 Å². The Bertz CT molecular complexity index is 1280. The first-order valence-electron chi connectivity index (χ1n) is 13.3. The van der Waals surface area contributed by atoms with E-state index in [1.807, 2.05) is 85.8 Å². The van der Waals surface area contributed by atoms with Crippen LogP contribution in [0.4, 0.5) is 0 Å². The predicted molar refractivity (Wildman–Crippen MR) is 153 cm³/mol. The highest BCUT2D eigenvalue weighted by Crippen LogP contribution is 2.33. The van der Waals surface area contributed by atoms with Gasteiger partial charge in [0.15, 0.2) is 0 Å². The van der Waals surface area contributed by atoms with Gasteiger partial charge in [-0.05, 0) is 60.7 Å². The molecule has 4 rings (SSSR count). The van der Waals surface area contributed by atoms with Crippen LogP contribution in [-0.4, -0.2) is 32.0 Å². The molecule has 3 aromatic carbocycles. The third-order valence-corrected chi connectivity index (χ3v) is 6.40. The normalized spacial score (nSPS) is 13.8. The number of hydrogen-bond acceptors (Lipinski definition) is 6. The van der Waals surface area contributed by atoms with E-state index in [1.54, 1.807) is 0 Å². The monoisotopic (exact) mass is 525 g/mol. The van der Waals surface area contributed by atoms with E-state index in [2.05, 4.69) is 23.4 Å². The van der Waals surface area contributed by atoms with Crippen LogP contribution in [-0.2, 0) is 21.0 Å². The van der Waals surface area contributed by atoms with Crippen LogP contribution in [0.5, 0.6) is 11.5 Å². The molecular weight excluding hydrogens is 490 g/mol. The molecule has 202 valence electrons. The second-order valence-electron chi connectivity index (χ2n) is 9.12. The summed E-state index contributed by atoms with van der Waals surface area (Å²) in [4.78, 5) is 17.3. The molecule has 0 radical (unpaired) electrons. The van der Waals surface area contributed by atoms with Crippen molar-refractivity contribution < 1.29 is 23.8 Å². The van der Waals surface area contributed by atoms with Crippen LogP contribution in [0.3, 0.4) is 0 Å². The van der Waals surface area contributed by atoms with Gasteiger partial charge in [-0.15, -0.1) is 0 Å². The number of rotatable bonds is 13. The number of allylic oxidation sites excluding steroid dienone is 4. The third-order valence-electron chi connectivity index (χ3n) is 6.40.